The number of hydrogen-bond donors (Lipinski definition) is 0. The van der Waals surface area contributed by atoms with Crippen molar-refractivity contribution in [2.24, 2.45) is 34.5 Å². The third kappa shape index (κ3) is 2.06. The average Bonchev–Trinajstić information content (AvgIpc) is 2.85. The molecule has 126 valence electrons. The zero-order valence-electron chi connectivity index (χ0n) is 14.9. The summed E-state index contributed by atoms with van der Waals surface area (Å²) in [5, 5.41) is 0. The lowest BCUT2D eigenvalue weighted by Crippen LogP contribution is -2.51. The highest BCUT2D eigenvalue weighted by atomic mass is 16.1. The number of hydrogen-bond acceptors (Lipinski definition) is 2. The number of allylic oxidation sites excluding steroid dienone is 1. The van der Waals surface area contributed by atoms with Gasteiger partial charge in [0.25, 0.3) is 0 Å². The Morgan fingerprint density at radius 1 is 1.04 bits per heavy atom. The van der Waals surface area contributed by atoms with Crippen molar-refractivity contribution >= 4 is 11.6 Å². The molecule has 2 nitrogen and oxygen atoms in total. The van der Waals surface area contributed by atoms with Gasteiger partial charge in [-0.2, -0.15) is 0 Å². The number of carbonyl (C=O) groups excluding carboxylic acids is 2. The molecule has 3 saturated carbocycles. The highest BCUT2D eigenvalue weighted by Gasteiger charge is 2.59. The van der Waals surface area contributed by atoms with E-state index in [2.05, 4.69) is 13.8 Å². The van der Waals surface area contributed by atoms with Gasteiger partial charge in [-0.1, -0.05) is 19.4 Å². The molecule has 0 aromatic heterocycles. The number of ketones is 2. The minimum absolute atomic E-state index is 0.245. The van der Waals surface area contributed by atoms with Gasteiger partial charge in [-0.25, -0.2) is 0 Å². The standard InChI is InChI=1S/C21H30O2/c1-13(22)17-6-7-18-16-5-4-14-12-15(23)8-10-20(14,2)19(16)9-11-21(17,18)3/h12,16-19H,4-11H2,1-3H3/t16?,17-,18?,19?,20+,21-/m1/s1. The smallest absolute Gasteiger partial charge is 0.155 e. The van der Waals surface area contributed by atoms with Gasteiger partial charge in [-0.05, 0) is 86.5 Å². The Morgan fingerprint density at radius 2 is 1.83 bits per heavy atom. The lowest BCUT2D eigenvalue weighted by molar-refractivity contribution is -0.128. The molecule has 4 aliphatic carbocycles. The molecule has 6 atom stereocenters. The molecule has 0 aromatic carbocycles. The van der Waals surface area contributed by atoms with E-state index in [0.717, 1.165) is 43.4 Å². The van der Waals surface area contributed by atoms with E-state index >= 15 is 0 Å². The van der Waals surface area contributed by atoms with Gasteiger partial charge in [0.1, 0.15) is 5.78 Å². The molecule has 0 N–H and O–H groups in total. The summed E-state index contributed by atoms with van der Waals surface area (Å²) in [5.41, 5.74) is 1.95. The summed E-state index contributed by atoms with van der Waals surface area (Å²) in [4.78, 5) is 24.0. The normalized spacial score (nSPS) is 49.0. The molecule has 3 unspecified atom stereocenters. The maximum Gasteiger partial charge on any atom is 0.155 e. The van der Waals surface area contributed by atoms with Gasteiger partial charge >= 0.3 is 0 Å². The molecule has 3 fully saturated rings. The van der Waals surface area contributed by atoms with Crippen LogP contribution in [0.15, 0.2) is 11.6 Å². The molecular formula is C21H30O2. The fourth-order valence-corrected chi connectivity index (χ4v) is 7.23. The molecule has 0 spiro atoms. The monoisotopic (exact) mass is 314 g/mol. The van der Waals surface area contributed by atoms with Crippen LogP contribution in [0.3, 0.4) is 0 Å². The van der Waals surface area contributed by atoms with Crippen LogP contribution in [0.2, 0.25) is 0 Å². The first-order valence-corrected chi connectivity index (χ1v) is 9.60. The van der Waals surface area contributed by atoms with Crippen molar-refractivity contribution in [1.29, 1.82) is 0 Å². The van der Waals surface area contributed by atoms with Gasteiger partial charge in [0, 0.05) is 12.3 Å². The highest BCUT2D eigenvalue weighted by molar-refractivity contribution is 5.91. The first kappa shape index (κ1) is 15.6. The summed E-state index contributed by atoms with van der Waals surface area (Å²) >= 11 is 0. The van der Waals surface area contributed by atoms with Crippen LogP contribution >= 0.6 is 0 Å². The Kier molecular flexibility index (Phi) is 3.42. The zero-order valence-corrected chi connectivity index (χ0v) is 14.9. The average molecular weight is 314 g/mol. The maximum atomic E-state index is 12.1. The van der Waals surface area contributed by atoms with E-state index in [1.807, 2.05) is 6.08 Å². The fourth-order valence-electron chi connectivity index (χ4n) is 7.23. The van der Waals surface area contributed by atoms with Crippen LogP contribution in [0.25, 0.3) is 0 Å². The van der Waals surface area contributed by atoms with E-state index in [1.54, 1.807) is 6.92 Å². The van der Waals surface area contributed by atoms with Crippen LogP contribution in [-0.4, -0.2) is 11.6 Å². The molecule has 0 heterocycles. The molecule has 0 bridgehead atoms. The third-order valence-corrected chi connectivity index (χ3v) is 8.45. The Hall–Kier alpha value is -0.920. The van der Waals surface area contributed by atoms with Crippen LogP contribution in [0.4, 0.5) is 0 Å². The lowest BCUT2D eigenvalue weighted by atomic mass is 9.47. The van der Waals surface area contributed by atoms with Crippen molar-refractivity contribution in [3.8, 4) is 0 Å². The van der Waals surface area contributed by atoms with Crippen molar-refractivity contribution in [1.82, 2.24) is 0 Å². The van der Waals surface area contributed by atoms with Crippen molar-refractivity contribution in [2.75, 3.05) is 0 Å². The van der Waals surface area contributed by atoms with Gasteiger partial charge < -0.3 is 0 Å². The van der Waals surface area contributed by atoms with Gasteiger partial charge in [0.05, 0.1) is 0 Å². The predicted molar refractivity (Wildman–Crippen MR) is 90.9 cm³/mol. The van der Waals surface area contributed by atoms with Gasteiger partial charge in [-0.3, -0.25) is 9.59 Å². The zero-order chi connectivity index (χ0) is 16.4. The van der Waals surface area contributed by atoms with Crippen LogP contribution in [0.1, 0.15) is 72.1 Å². The van der Waals surface area contributed by atoms with Gasteiger partial charge in [-0.15, -0.1) is 0 Å². The van der Waals surface area contributed by atoms with Crippen LogP contribution in [-0.2, 0) is 9.59 Å². The van der Waals surface area contributed by atoms with E-state index in [1.165, 1.54) is 31.3 Å². The minimum Gasteiger partial charge on any atom is -0.300 e. The van der Waals surface area contributed by atoms with Crippen molar-refractivity contribution in [3.63, 3.8) is 0 Å². The second-order valence-electron chi connectivity index (χ2n) is 9.25. The molecule has 0 amide bonds. The number of Topliss-reactive ketones (excluding diaryl/α,β-unsaturated/α-hetero) is 1. The summed E-state index contributed by atoms with van der Waals surface area (Å²) in [5.74, 6) is 3.29. The maximum absolute atomic E-state index is 12.1. The van der Waals surface area contributed by atoms with E-state index in [-0.39, 0.29) is 10.8 Å². The molecule has 0 aromatic rings. The SMILES string of the molecule is CC(=O)[C@H]1CCC2C3CCC4=CC(=O)CC[C@]4(C)C3CC[C@@]21C. The topological polar surface area (TPSA) is 34.1 Å². The summed E-state index contributed by atoms with van der Waals surface area (Å²) < 4.78 is 0. The molecule has 4 aliphatic rings. The largest absolute Gasteiger partial charge is 0.300 e. The summed E-state index contributed by atoms with van der Waals surface area (Å²) in [7, 11) is 0. The number of carbonyl (C=O) groups is 2. The van der Waals surface area contributed by atoms with Crippen LogP contribution in [0, 0.1) is 34.5 Å². The fraction of sp³-hybridized carbons (Fsp3) is 0.810. The second kappa shape index (κ2) is 5.04. The molecule has 0 radical (unpaired) electrons. The van der Waals surface area contributed by atoms with E-state index in [9.17, 15) is 9.59 Å². The summed E-state index contributed by atoms with van der Waals surface area (Å²) in [6.45, 7) is 6.65. The second-order valence-corrected chi connectivity index (χ2v) is 9.25. The Labute approximate surface area is 140 Å². The number of fused-ring (bicyclic) bond motifs is 5. The minimum atomic E-state index is 0.245. The predicted octanol–water partition coefficient (Wildman–Crippen LogP) is 4.72. The van der Waals surface area contributed by atoms with Gasteiger partial charge in [0.15, 0.2) is 5.78 Å². The van der Waals surface area contributed by atoms with E-state index in [0.29, 0.717) is 17.5 Å². The van der Waals surface area contributed by atoms with Crippen LogP contribution in [0.5, 0.6) is 0 Å². The first-order valence-electron chi connectivity index (χ1n) is 9.60. The van der Waals surface area contributed by atoms with E-state index < -0.39 is 0 Å². The van der Waals surface area contributed by atoms with Crippen molar-refractivity contribution in [2.45, 2.75) is 72.1 Å². The Bertz CT molecular complexity index is 589. The van der Waals surface area contributed by atoms with Crippen molar-refractivity contribution in [3.05, 3.63) is 11.6 Å². The molecular weight excluding hydrogens is 284 g/mol. The van der Waals surface area contributed by atoms with Crippen LogP contribution < -0.4 is 0 Å². The molecule has 23 heavy (non-hydrogen) atoms. The quantitative estimate of drug-likeness (QED) is 0.701. The van der Waals surface area contributed by atoms with Crippen molar-refractivity contribution < 1.29 is 9.59 Å². The number of rotatable bonds is 1. The molecule has 4 rings (SSSR count). The molecule has 2 heteroatoms. The Balaban J connectivity index is 1.67. The van der Waals surface area contributed by atoms with Gasteiger partial charge in [0.2, 0.25) is 0 Å². The molecule has 0 saturated heterocycles. The summed E-state index contributed by atoms with van der Waals surface area (Å²) in [6.07, 6.45) is 10.9. The van der Waals surface area contributed by atoms with E-state index in [4.69, 9.17) is 0 Å². The third-order valence-electron chi connectivity index (χ3n) is 8.45. The lowest BCUT2D eigenvalue weighted by Gasteiger charge is -2.58. The molecule has 0 aliphatic heterocycles. The first-order chi connectivity index (χ1) is 10.9. The highest BCUT2D eigenvalue weighted by Crippen LogP contribution is 2.66. The summed E-state index contributed by atoms with van der Waals surface area (Å²) in [6, 6.07) is 0. The Morgan fingerprint density at radius 3 is 2.57 bits per heavy atom.